The molecule has 0 saturated carbocycles. The van der Waals surface area contributed by atoms with Crippen molar-refractivity contribution in [2.45, 2.75) is 156 Å². The molecule has 0 bridgehead atoms. The first kappa shape index (κ1) is 37.3. The molecule has 0 amide bonds. The summed E-state index contributed by atoms with van der Waals surface area (Å²) in [5.41, 5.74) is 5.01. The van der Waals surface area contributed by atoms with Gasteiger partial charge in [0.15, 0.2) is 0 Å². The molecule has 7 heteroatoms. The van der Waals surface area contributed by atoms with Crippen molar-refractivity contribution in [2.24, 2.45) is 0 Å². The van der Waals surface area contributed by atoms with Crippen molar-refractivity contribution in [1.82, 2.24) is 0 Å². The summed E-state index contributed by atoms with van der Waals surface area (Å²) in [6, 6.07) is 0. The van der Waals surface area contributed by atoms with E-state index in [1.807, 2.05) is 45.0 Å². The van der Waals surface area contributed by atoms with Crippen LogP contribution < -0.4 is 0 Å². The molecule has 0 unspecified atom stereocenters. The van der Waals surface area contributed by atoms with Crippen molar-refractivity contribution >= 4 is 33.2 Å². The second-order valence-corrected chi connectivity index (χ2v) is 18.8. The van der Waals surface area contributed by atoms with Gasteiger partial charge in [-0.1, -0.05) is 98.9 Å². The molecule has 0 spiro atoms. The minimum atomic E-state index is -0.188. The SMILES string of the molecule is CC(C)P(C(C)C)C(C)C.CC(C)P(C(C)C)C(C)C.CC1(C)O[B]OC1(C)C.[Cl][RhH]. The van der Waals surface area contributed by atoms with Crippen LogP contribution in [0.3, 0.4) is 0 Å². The molecule has 1 aliphatic rings. The molecule has 0 atom stereocenters. The normalized spacial score (nSPS) is 17.0. The molecular formula is C24H55BClO2P2Rh. The molecule has 0 N–H and O–H groups in total. The molecule has 0 aromatic heterocycles. The summed E-state index contributed by atoms with van der Waals surface area (Å²) in [6.07, 6.45) is 0. The third kappa shape index (κ3) is 15.4. The molecule has 1 rings (SSSR count). The molecule has 1 fully saturated rings. The molecule has 1 radical (unpaired) electrons. The van der Waals surface area contributed by atoms with Gasteiger partial charge in [-0.05, 0) is 61.6 Å². The summed E-state index contributed by atoms with van der Waals surface area (Å²) in [7, 11) is 6.51. The molecule has 1 heterocycles. The molecule has 1 saturated heterocycles. The van der Waals surface area contributed by atoms with Crippen molar-refractivity contribution in [2.75, 3.05) is 0 Å². The fraction of sp³-hybridized carbons (Fsp3) is 1.00. The number of halogens is 1. The maximum absolute atomic E-state index is 5.21. The summed E-state index contributed by atoms with van der Waals surface area (Å²) in [4.78, 5) is 0. The van der Waals surface area contributed by atoms with Crippen LogP contribution in [0.4, 0.5) is 0 Å². The zero-order valence-corrected chi connectivity index (χ0v) is 27.8. The van der Waals surface area contributed by atoms with Gasteiger partial charge in [0.25, 0.3) is 0 Å². The van der Waals surface area contributed by atoms with Crippen molar-refractivity contribution in [3.8, 4) is 0 Å². The number of rotatable bonds is 6. The monoisotopic (exact) mass is 586 g/mol. The van der Waals surface area contributed by atoms with E-state index < -0.39 is 0 Å². The first-order valence-corrected chi connectivity index (χ1v) is 17.1. The second-order valence-electron chi connectivity index (χ2n) is 10.8. The molecule has 0 aromatic carbocycles. The minimum absolute atomic E-state index is 0.187. The van der Waals surface area contributed by atoms with Crippen LogP contribution in [0.15, 0.2) is 0 Å². The average molecular weight is 587 g/mol. The van der Waals surface area contributed by atoms with Crippen LogP contribution in [0, 0.1) is 0 Å². The van der Waals surface area contributed by atoms with Gasteiger partial charge in [-0.3, -0.25) is 0 Å². The van der Waals surface area contributed by atoms with E-state index in [1.54, 1.807) is 0 Å². The Morgan fingerprint density at radius 1 is 0.516 bits per heavy atom. The fourth-order valence-corrected chi connectivity index (χ4v) is 11.3. The molecule has 192 valence electrons. The first-order valence-electron chi connectivity index (χ1n) is 11.7. The molecule has 0 aliphatic carbocycles. The van der Waals surface area contributed by atoms with Crippen LogP contribution >= 0.6 is 25.5 Å². The van der Waals surface area contributed by atoms with E-state index in [1.165, 1.54) is 7.69 Å². The molecule has 0 aromatic rings. The van der Waals surface area contributed by atoms with E-state index in [0.717, 1.165) is 34.0 Å². The van der Waals surface area contributed by atoms with Gasteiger partial charge in [-0.15, -0.1) is 0 Å². The Labute approximate surface area is 215 Å². The average Bonchev–Trinajstić information content (AvgIpc) is 2.79. The Bertz CT molecular complexity index is 356. The molecule has 1 aliphatic heterocycles. The van der Waals surface area contributed by atoms with Gasteiger partial charge in [0.1, 0.15) is 0 Å². The van der Waals surface area contributed by atoms with Crippen LogP contribution in [0.5, 0.6) is 0 Å². The summed E-state index contributed by atoms with van der Waals surface area (Å²) >= 11 is 1.82. The zero-order chi connectivity index (χ0) is 25.7. The second kappa shape index (κ2) is 18.1. The van der Waals surface area contributed by atoms with Gasteiger partial charge < -0.3 is 9.31 Å². The van der Waals surface area contributed by atoms with Crippen molar-refractivity contribution in [1.29, 1.82) is 0 Å². The Morgan fingerprint density at radius 3 is 0.710 bits per heavy atom. The summed E-state index contributed by atoms with van der Waals surface area (Å²) in [5, 5.41) is 0. The van der Waals surface area contributed by atoms with Crippen LogP contribution in [0.1, 0.15) is 111 Å². The zero-order valence-electron chi connectivity index (χ0n) is 23.5. The quantitative estimate of drug-likeness (QED) is 0.229. The van der Waals surface area contributed by atoms with E-state index in [2.05, 4.69) is 92.8 Å². The fourth-order valence-electron chi connectivity index (χ4n) is 4.13. The number of hydrogen-bond acceptors (Lipinski definition) is 2. The Balaban J connectivity index is -0.000000364. The molecule has 2 nitrogen and oxygen atoms in total. The predicted octanol–water partition coefficient (Wildman–Crippen LogP) is 8.93. The van der Waals surface area contributed by atoms with Crippen LogP contribution in [0.2, 0.25) is 0 Å². The summed E-state index contributed by atoms with van der Waals surface area (Å²) < 4.78 is 10.4. The Kier molecular flexibility index (Phi) is 21.8. The third-order valence-corrected chi connectivity index (χ3v) is 12.9. The van der Waals surface area contributed by atoms with E-state index >= 15 is 0 Å². The summed E-state index contributed by atoms with van der Waals surface area (Å²) in [6.45, 7) is 36.3. The van der Waals surface area contributed by atoms with Gasteiger partial charge in [0, 0.05) is 0 Å². The van der Waals surface area contributed by atoms with Gasteiger partial charge in [-0.25, -0.2) is 0 Å². The molecular weight excluding hydrogens is 531 g/mol. The Morgan fingerprint density at radius 2 is 0.677 bits per heavy atom. The maximum atomic E-state index is 5.21. The van der Waals surface area contributed by atoms with E-state index in [0.29, 0.717) is 0 Å². The van der Waals surface area contributed by atoms with Gasteiger partial charge in [0.2, 0.25) is 0 Å². The topological polar surface area (TPSA) is 18.5 Å². The molecule has 31 heavy (non-hydrogen) atoms. The van der Waals surface area contributed by atoms with E-state index in [9.17, 15) is 0 Å². The van der Waals surface area contributed by atoms with Crippen molar-refractivity contribution in [3.63, 3.8) is 0 Å². The van der Waals surface area contributed by atoms with Gasteiger partial charge in [-0.2, -0.15) is 0 Å². The predicted molar refractivity (Wildman–Crippen MR) is 148 cm³/mol. The van der Waals surface area contributed by atoms with Crippen LogP contribution in [0.25, 0.3) is 0 Å². The summed E-state index contributed by atoms with van der Waals surface area (Å²) in [5.74, 6) is 0. The van der Waals surface area contributed by atoms with E-state index in [-0.39, 0.29) is 27.0 Å². The van der Waals surface area contributed by atoms with Crippen LogP contribution in [-0.2, 0) is 26.6 Å². The number of hydrogen-bond donors (Lipinski definition) is 0. The van der Waals surface area contributed by atoms with E-state index in [4.69, 9.17) is 9.31 Å². The standard InChI is InChI=1S/2C9H21P.C6H12BO2.ClH.Rh.H/c2*1-7(2)10(8(3)4)9(5)6;1-5(2)6(3,4)9-7-8-5;;;/h2*7-9H,1-6H3;1-4H3;1H;;/q;;;;+1;/p-1. The Hall–Kier alpha value is 1.76. The third-order valence-electron chi connectivity index (χ3n) is 5.71. The van der Waals surface area contributed by atoms with Gasteiger partial charge in [0.05, 0.1) is 11.2 Å². The van der Waals surface area contributed by atoms with Gasteiger partial charge >= 0.3 is 34.7 Å². The van der Waals surface area contributed by atoms with Crippen molar-refractivity contribution < 1.29 is 26.6 Å². The van der Waals surface area contributed by atoms with Crippen molar-refractivity contribution in [3.05, 3.63) is 0 Å². The van der Waals surface area contributed by atoms with Crippen LogP contribution in [-0.4, -0.2) is 52.8 Å². The first-order chi connectivity index (χ1) is 13.9.